The number of hydrogen-bond acceptors (Lipinski definition) is 8. The number of amides is 4. The summed E-state index contributed by atoms with van der Waals surface area (Å²) >= 11 is 6.45. The molecular weight excluding hydrogens is 742 g/mol. The molecule has 2 aliphatic heterocycles. The van der Waals surface area contributed by atoms with Crippen molar-refractivity contribution in [1.29, 1.82) is 0 Å². The predicted molar refractivity (Wildman–Crippen MR) is 216 cm³/mol. The van der Waals surface area contributed by atoms with Crippen molar-refractivity contribution >= 4 is 58.0 Å². The number of ether oxygens (including phenoxy) is 2. The summed E-state index contributed by atoms with van der Waals surface area (Å²) in [6, 6.07) is 35.6. The Morgan fingerprint density at radius 3 is 2.00 bits per heavy atom. The first-order valence-corrected chi connectivity index (χ1v) is 19.2. The fraction of sp³-hybridized carbons (Fsp3) is 0.217. The number of rotatable bonds is 8. The number of allylic oxidation sites excluding steroid dienone is 2. The fourth-order valence-electron chi connectivity index (χ4n) is 9.90. The van der Waals surface area contributed by atoms with E-state index >= 15 is 9.59 Å². The highest BCUT2D eigenvalue weighted by Gasteiger charge is 2.71. The van der Waals surface area contributed by atoms with Crippen LogP contribution >= 0.6 is 11.6 Å². The van der Waals surface area contributed by atoms with Gasteiger partial charge in [0, 0.05) is 40.0 Å². The zero-order valence-corrected chi connectivity index (χ0v) is 31.9. The third-order valence-electron chi connectivity index (χ3n) is 12.2. The minimum atomic E-state index is -1.56. The van der Waals surface area contributed by atoms with Gasteiger partial charge in [-0.25, -0.2) is 4.90 Å². The monoisotopic (exact) mass is 779 g/mol. The Morgan fingerprint density at radius 1 is 0.702 bits per heavy atom. The molecule has 4 amide bonds. The van der Waals surface area contributed by atoms with Crippen molar-refractivity contribution in [2.75, 3.05) is 29.3 Å². The van der Waals surface area contributed by atoms with E-state index in [4.69, 9.17) is 21.1 Å². The number of halogens is 1. The molecule has 0 spiro atoms. The molecule has 2 aliphatic carbocycles. The minimum Gasteiger partial charge on any atom is -0.508 e. The fourth-order valence-corrected chi connectivity index (χ4v) is 10.1. The first kappa shape index (κ1) is 36.3. The first-order valence-electron chi connectivity index (χ1n) is 18.8. The smallest absolute Gasteiger partial charge is 0.246 e. The summed E-state index contributed by atoms with van der Waals surface area (Å²) < 4.78 is 11.9. The molecule has 2 N–H and O–H groups in total. The number of nitrogens with one attached hydrogen (secondary N) is 1. The Hall–Kier alpha value is -6.39. The van der Waals surface area contributed by atoms with Gasteiger partial charge in [-0.15, -0.1) is 0 Å². The van der Waals surface area contributed by atoms with Gasteiger partial charge in [0.15, 0.2) is 0 Å². The molecular formula is C46H38ClN3O7. The van der Waals surface area contributed by atoms with Crippen LogP contribution in [0.3, 0.4) is 0 Å². The molecule has 10 nitrogen and oxygen atoms in total. The molecule has 2 heterocycles. The van der Waals surface area contributed by atoms with Crippen LogP contribution in [0.1, 0.15) is 29.9 Å². The third-order valence-corrected chi connectivity index (χ3v) is 12.4. The van der Waals surface area contributed by atoms with Crippen molar-refractivity contribution in [2.24, 2.45) is 23.7 Å². The van der Waals surface area contributed by atoms with Gasteiger partial charge in [0.1, 0.15) is 17.2 Å². The Bertz CT molecular complexity index is 2450. The SMILES string of the molecule is COc1cc(O)cc(OC)c1[C@H]1C2=CC[C@@H]3C(=O)N(c4ccc(Nc5ccccc5)cc4)C(=O)[C@@H]3[C@@H]2C[C@H]2C(=O)N(c3cccc(Cl)c3)C(=O)[C@@]12c1ccccc1. The number of methoxy groups -OCH3 is 2. The van der Waals surface area contributed by atoms with Crippen molar-refractivity contribution < 1.29 is 33.8 Å². The highest BCUT2D eigenvalue weighted by atomic mass is 35.5. The van der Waals surface area contributed by atoms with Gasteiger partial charge < -0.3 is 19.9 Å². The number of carbonyl (C=O) groups is 4. The number of benzene rings is 5. The van der Waals surface area contributed by atoms with Crippen LogP contribution in [0.25, 0.3) is 0 Å². The maximum Gasteiger partial charge on any atom is 0.246 e. The zero-order chi connectivity index (χ0) is 39.6. The van der Waals surface area contributed by atoms with Gasteiger partial charge in [-0.2, -0.15) is 0 Å². The van der Waals surface area contributed by atoms with Gasteiger partial charge in [0.25, 0.3) is 0 Å². The van der Waals surface area contributed by atoms with Crippen LogP contribution in [0, 0.1) is 23.7 Å². The molecule has 2 saturated heterocycles. The number of para-hydroxylation sites is 1. The van der Waals surface area contributed by atoms with Crippen LogP contribution in [0.15, 0.2) is 133 Å². The predicted octanol–water partition coefficient (Wildman–Crippen LogP) is 8.17. The van der Waals surface area contributed by atoms with Gasteiger partial charge in [-0.3, -0.25) is 24.1 Å². The van der Waals surface area contributed by atoms with Gasteiger partial charge >= 0.3 is 0 Å². The number of aromatic hydroxyl groups is 1. The summed E-state index contributed by atoms with van der Waals surface area (Å²) in [6.45, 7) is 0. The zero-order valence-electron chi connectivity index (χ0n) is 31.1. The number of carbonyl (C=O) groups excluding carboxylic acids is 4. The summed E-state index contributed by atoms with van der Waals surface area (Å²) in [7, 11) is 2.93. The Kier molecular flexibility index (Phi) is 8.89. The summed E-state index contributed by atoms with van der Waals surface area (Å²) in [6.07, 6.45) is 2.33. The number of fused-ring (bicyclic) bond motifs is 4. The lowest BCUT2D eigenvalue weighted by Crippen LogP contribution is -2.53. The average molecular weight is 780 g/mol. The van der Waals surface area contributed by atoms with E-state index in [0.29, 0.717) is 27.5 Å². The maximum atomic E-state index is 15.6. The van der Waals surface area contributed by atoms with Gasteiger partial charge in [-0.1, -0.05) is 77.8 Å². The highest BCUT2D eigenvalue weighted by molar-refractivity contribution is 6.32. The van der Waals surface area contributed by atoms with Gasteiger partial charge in [0.2, 0.25) is 23.6 Å². The molecule has 0 bridgehead atoms. The van der Waals surface area contributed by atoms with E-state index in [1.54, 1.807) is 36.4 Å². The molecule has 1 saturated carbocycles. The topological polar surface area (TPSA) is 125 Å². The van der Waals surface area contributed by atoms with E-state index in [-0.39, 0.29) is 41.9 Å². The second-order valence-corrected chi connectivity index (χ2v) is 15.3. The van der Waals surface area contributed by atoms with E-state index < -0.39 is 46.8 Å². The van der Waals surface area contributed by atoms with Crippen LogP contribution in [0.5, 0.6) is 17.2 Å². The van der Waals surface area contributed by atoms with E-state index in [9.17, 15) is 14.7 Å². The average Bonchev–Trinajstić information content (AvgIpc) is 3.62. The molecule has 4 aliphatic rings. The van der Waals surface area contributed by atoms with Crippen molar-refractivity contribution in [3.05, 3.63) is 149 Å². The number of phenolic OH excluding ortho intramolecular Hbond substituents is 1. The summed E-state index contributed by atoms with van der Waals surface area (Å²) in [4.78, 5) is 62.4. The molecule has 11 heteroatoms. The van der Waals surface area contributed by atoms with Crippen LogP contribution < -0.4 is 24.6 Å². The molecule has 5 aromatic rings. The maximum absolute atomic E-state index is 15.6. The molecule has 3 fully saturated rings. The van der Waals surface area contributed by atoms with Gasteiger partial charge in [-0.05, 0) is 78.9 Å². The van der Waals surface area contributed by atoms with Crippen LogP contribution in [-0.4, -0.2) is 43.0 Å². The molecule has 9 rings (SSSR count). The number of anilines is 4. The summed E-state index contributed by atoms with van der Waals surface area (Å²) in [5.41, 5.74) is 2.70. The van der Waals surface area contributed by atoms with Gasteiger partial charge in [0.05, 0.1) is 48.8 Å². The molecule has 0 unspecified atom stereocenters. The van der Waals surface area contributed by atoms with E-state index in [1.807, 2.05) is 78.9 Å². The van der Waals surface area contributed by atoms with E-state index in [1.165, 1.54) is 36.2 Å². The van der Waals surface area contributed by atoms with Crippen molar-refractivity contribution in [1.82, 2.24) is 0 Å². The second-order valence-electron chi connectivity index (χ2n) is 14.9. The molecule has 286 valence electrons. The minimum absolute atomic E-state index is 0.116. The largest absolute Gasteiger partial charge is 0.508 e. The van der Waals surface area contributed by atoms with E-state index in [2.05, 4.69) is 5.32 Å². The Labute approximate surface area is 334 Å². The first-order chi connectivity index (χ1) is 27.7. The lowest BCUT2D eigenvalue weighted by molar-refractivity contribution is -0.127. The van der Waals surface area contributed by atoms with E-state index in [0.717, 1.165) is 16.9 Å². The lowest BCUT2D eigenvalue weighted by atomic mass is 9.49. The standard InChI is InChI=1S/C46H38ClN3O7/c1-56-37-23-32(51)24-38(57-2)40(37)41-33-20-21-34-39(44(54)49(42(34)52)30-18-16-29(17-19-30)48-28-13-7-4-8-14-28)35(33)25-36-43(53)50(31-15-9-12-27(47)22-31)45(55)46(36,41)26-10-5-3-6-11-26/h3-20,22-24,34-36,39,41,48,51H,21,25H2,1-2H3/t34-,35+,36-,39-,41+,46+/m0/s1. The lowest BCUT2D eigenvalue weighted by Gasteiger charge is -2.51. The third kappa shape index (κ3) is 5.53. The number of hydrogen-bond donors (Lipinski definition) is 2. The number of nitrogens with zero attached hydrogens (tertiary/aromatic N) is 2. The van der Waals surface area contributed by atoms with Crippen molar-refractivity contribution in [2.45, 2.75) is 24.2 Å². The van der Waals surface area contributed by atoms with Crippen molar-refractivity contribution in [3.8, 4) is 17.2 Å². The molecule has 57 heavy (non-hydrogen) atoms. The van der Waals surface area contributed by atoms with Crippen LogP contribution in [0.2, 0.25) is 5.02 Å². The molecule has 0 aromatic heterocycles. The Balaban J connectivity index is 1.21. The molecule has 5 aromatic carbocycles. The van der Waals surface area contributed by atoms with Crippen LogP contribution in [-0.2, 0) is 24.6 Å². The normalized spacial score (nSPS) is 25.1. The Morgan fingerprint density at radius 2 is 1.35 bits per heavy atom. The second kappa shape index (κ2) is 14.0. The quantitative estimate of drug-likeness (QED) is 0.119. The number of phenols is 1. The van der Waals surface area contributed by atoms with Crippen LogP contribution in [0.4, 0.5) is 22.7 Å². The molecule has 0 radical (unpaired) electrons. The molecule has 6 atom stereocenters. The summed E-state index contributed by atoms with van der Waals surface area (Å²) in [5, 5.41) is 14.5. The van der Waals surface area contributed by atoms with Crippen molar-refractivity contribution in [3.63, 3.8) is 0 Å². The summed E-state index contributed by atoms with van der Waals surface area (Å²) in [5.74, 6) is -5.21. The number of imide groups is 2. The highest BCUT2D eigenvalue weighted by Crippen LogP contribution is 2.66.